The number of aromatic nitrogens is 2. The molecular formula is C6H10ClF2N3. The van der Waals surface area contributed by atoms with Crippen molar-refractivity contribution >= 4 is 18.1 Å². The summed E-state index contributed by atoms with van der Waals surface area (Å²) in [5, 5.41) is 3.57. The second kappa shape index (κ2) is 4.25. The Morgan fingerprint density at radius 3 is 2.50 bits per heavy atom. The maximum atomic E-state index is 12.0. The summed E-state index contributed by atoms with van der Waals surface area (Å²) in [6.45, 7) is 2.36. The zero-order valence-corrected chi connectivity index (χ0v) is 7.31. The van der Waals surface area contributed by atoms with E-state index in [0.717, 1.165) is 0 Å². The molecule has 6 heteroatoms. The third-order valence-electron chi connectivity index (χ3n) is 1.35. The van der Waals surface area contributed by atoms with Crippen LogP contribution < -0.4 is 5.73 Å². The highest BCUT2D eigenvalue weighted by Gasteiger charge is 2.15. The summed E-state index contributed by atoms with van der Waals surface area (Å²) in [7, 11) is 0. The van der Waals surface area contributed by atoms with Gasteiger partial charge in [0.2, 0.25) is 0 Å². The van der Waals surface area contributed by atoms with Gasteiger partial charge in [-0.05, 0) is 6.92 Å². The number of anilines is 1. The predicted octanol–water partition coefficient (Wildman–Crippen LogP) is 1.84. The van der Waals surface area contributed by atoms with Crippen LogP contribution in [0.5, 0.6) is 0 Å². The lowest BCUT2D eigenvalue weighted by Crippen LogP contribution is -1.95. The molecule has 12 heavy (non-hydrogen) atoms. The number of aryl methyl sites for hydroxylation is 1. The third kappa shape index (κ3) is 2.07. The van der Waals surface area contributed by atoms with Crippen LogP contribution >= 0.6 is 12.4 Å². The number of hydrogen-bond donors (Lipinski definition) is 1. The molecule has 0 bridgehead atoms. The first-order valence-corrected chi connectivity index (χ1v) is 3.26. The van der Waals surface area contributed by atoms with Crippen molar-refractivity contribution in [2.45, 2.75) is 19.9 Å². The van der Waals surface area contributed by atoms with Crippen molar-refractivity contribution in [3.05, 3.63) is 11.9 Å². The van der Waals surface area contributed by atoms with Gasteiger partial charge in [0, 0.05) is 12.7 Å². The van der Waals surface area contributed by atoms with Crippen LogP contribution in [0.2, 0.25) is 0 Å². The first-order valence-electron chi connectivity index (χ1n) is 3.26. The predicted molar refractivity (Wildman–Crippen MR) is 44.5 cm³/mol. The molecule has 0 aliphatic carbocycles. The van der Waals surface area contributed by atoms with Crippen LogP contribution in [0, 0.1) is 0 Å². The Labute approximate surface area is 75.0 Å². The number of nitrogens with zero attached hydrogens (tertiary/aromatic N) is 2. The van der Waals surface area contributed by atoms with Gasteiger partial charge in [0.05, 0.1) is 5.69 Å². The maximum absolute atomic E-state index is 12.0. The van der Waals surface area contributed by atoms with Gasteiger partial charge in [0.1, 0.15) is 0 Å². The summed E-state index contributed by atoms with van der Waals surface area (Å²) in [6, 6.07) is 0. The molecule has 3 nitrogen and oxygen atoms in total. The highest BCUT2D eigenvalue weighted by Crippen LogP contribution is 2.22. The van der Waals surface area contributed by atoms with E-state index >= 15 is 0 Å². The quantitative estimate of drug-likeness (QED) is 0.786. The molecule has 0 amide bonds. The third-order valence-corrected chi connectivity index (χ3v) is 1.35. The minimum atomic E-state index is -2.58. The van der Waals surface area contributed by atoms with Crippen LogP contribution in [0.4, 0.5) is 14.5 Å². The Kier molecular flexibility index (Phi) is 3.95. The van der Waals surface area contributed by atoms with Gasteiger partial charge in [-0.15, -0.1) is 12.4 Å². The van der Waals surface area contributed by atoms with Crippen molar-refractivity contribution in [1.82, 2.24) is 9.78 Å². The number of rotatable bonds is 2. The fourth-order valence-corrected chi connectivity index (χ4v) is 0.783. The second-order valence-corrected chi connectivity index (χ2v) is 2.13. The lowest BCUT2D eigenvalue weighted by Gasteiger charge is -1.93. The average Bonchev–Trinajstić information content (AvgIpc) is 2.30. The summed E-state index contributed by atoms with van der Waals surface area (Å²) in [5.74, 6) is 0. The average molecular weight is 198 g/mol. The van der Waals surface area contributed by atoms with E-state index in [-0.39, 0.29) is 23.8 Å². The fourth-order valence-electron chi connectivity index (χ4n) is 0.783. The first kappa shape index (κ1) is 11.2. The summed E-state index contributed by atoms with van der Waals surface area (Å²) in [4.78, 5) is 0. The monoisotopic (exact) mass is 197 g/mol. The van der Waals surface area contributed by atoms with Crippen LogP contribution in [0.15, 0.2) is 6.20 Å². The van der Waals surface area contributed by atoms with E-state index in [1.807, 2.05) is 6.92 Å². The van der Waals surface area contributed by atoms with E-state index in [0.29, 0.717) is 6.54 Å². The zero-order valence-electron chi connectivity index (χ0n) is 6.50. The smallest absolute Gasteiger partial charge is 0.284 e. The molecule has 1 rings (SSSR count). The molecule has 0 aliphatic heterocycles. The highest BCUT2D eigenvalue weighted by molar-refractivity contribution is 5.85. The molecule has 0 aliphatic rings. The van der Waals surface area contributed by atoms with Gasteiger partial charge < -0.3 is 5.73 Å². The van der Waals surface area contributed by atoms with Crippen LogP contribution in [-0.4, -0.2) is 9.78 Å². The van der Waals surface area contributed by atoms with Crippen LogP contribution in [0.1, 0.15) is 19.0 Å². The van der Waals surface area contributed by atoms with Gasteiger partial charge in [-0.25, -0.2) is 8.78 Å². The Hall–Kier alpha value is -0.840. The Bertz CT molecular complexity index is 249. The van der Waals surface area contributed by atoms with E-state index in [4.69, 9.17) is 5.73 Å². The molecule has 0 fully saturated rings. The molecule has 0 saturated heterocycles. The lowest BCUT2D eigenvalue weighted by atomic mass is 10.4. The summed E-state index contributed by atoms with van der Waals surface area (Å²) in [6.07, 6.45) is -1.18. The molecule has 0 unspecified atom stereocenters. The topological polar surface area (TPSA) is 43.8 Å². The Morgan fingerprint density at radius 2 is 2.25 bits per heavy atom. The highest BCUT2D eigenvalue weighted by atomic mass is 35.5. The van der Waals surface area contributed by atoms with Gasteiger partial charge in [-0.2, -0.15) is 5.10 Å². The van der Waals surface area contributed by atoms with Gasteiger partial charge in [-0.1, -0.05) is 0 Å². The van der Waals surface area contributed by atoms with Crippen LogP contribution in [0.3, 0.4) is 0 Å². The minimum Gasteiger partial charge on any atom is -0.396 e. The molecule has 0 saturated carbocycles. The van der Waals surface area contributed by atoms with Gasteiger partial charge in [0.15, 0.2) is 5.69 Å². The second-order valence-electron chi connectivity index (χ2n) is 2.13. The Morgan fingerprint density at radius 1 is 1.67 bits per heavy atom. The van der Waals surface area contributed by atoms with Crippen LogP contribution in [-0.2, 0) is 6.54 Å². The molecule has 0 aromatic carbocycles. The molecule has 2 N–H and O–H groups in total. The van der Waals surface area contributed by atoms with Gasteiger partial charge >= 0.3 is 0 Å². The fraction of sp³-hybridized carbons (Fsp3) is 0.500. The molecular weight excluding hydrogens is 188 g/mol. The van der Waals surface area contributed by atoms with E-state index in [9.17, 15) is 8.78 Å². The lowest BCUT2D eigenvalue weighted by molar-refractivity contribution is 0.146. The summed E-state index contributed by atoms with van der Waals surface area (Å²) < 4.78 is 25.4. The van der Waals surface area contributed by atoms with Crippen molar-refractivity contribution in [2.75, 3.05) is 5.73 Å². The van der Waals surface area contributed by atoms with Gasteiger partial charge in [0.25, 0.3) is 6.43 Å². The van der Waals surface area contributed by atoms with E-state index in [1.165, 1.54) is 10.9 Å². The maximum Gasteiger partial charge on any atom is 0.284 e. The van der Waals surface area contributed by atoms with Crippen molar-refractivity contribution in [3.63, 3.8) is 0 Å². The van der Waals surface area contributed by atoms with Crippen molar-refractivity contribution < 1.29 is 8.78 Å². The number of halogens is 3. The zero-order chi connectivity index (χ0) is 8.43. The van der Waals surface area contributed by atoms with Crippen LogP contribution in [0.25, 0.3) is 0 Å². The van der Waals surface area contributed by atoms with E-state index in [2.05, 4.69) is 5.10 Å². The van der Waals surface area contributed by atoms with Crippen molar-refractivity contribution in [3.8, 4) is 0 Å². The molecule has 70 valence electrons. The molecule has 0 spiro atoms. The molecule has 0 atom stereocenters. The van der Waals surface area contributed by atoms with Gasteiger partial charge in [-0.3, -0.25) is 4.68 Å². The van der Waals surface area contributed by atoms with Crippen molar-refractivity contribution in [2.24, 2.45) is 0 Å². The largest absolute Gasteiger partial charge is 0.396 e. The SMILES string of the molecule is CCn1cc(N)c(C(F)F)n1.Cl. The van der Waals surface area contributed by atoms with E-state index < -0.39 is 6.43 Å². The molecule has 0 radical (unpaired) electrons. The summed E-state index contributed by atoms with van der Waals surface area (Å²) in [5.41, 5.74) is 4.98. The summed E-state index contributed by atoms with van der Waals surface area (Å²) >= 11 is 0. The Balaban J connectivity index is 0.00000121. The normalized spacial score (nSPS) is 10.0. The molecule has 1 heterocycles. The molecule has 1 aromatic rings. The number of nitrogen functional groups attached to an aromatic ring is 1. The minimum absolute atomic E-state index is 0. The number of hydrogen-bond acceptors (Lipinski definition) is 2. The standard InChI is InChI=1S/C6H9F2N3.ClH/c1-2-11-3-4(9)5(10-11)6(7)8;/h3,6H,2,9H2,1H3;1H. The molecule has 1 aromatic heterocycles. The number of alkyl halides is 2. The number of nitrogens with two attached hydrogens (primary N) is 1. The first-order chi connectivity index (χ1) is 5.15. The van der Waals surface area contributed by atoms with Crippen molar-refractivity contribution in [1.29, 1.82) is 0 Å². The van der Waals surface area contributed by atoms with E-state index in [1.54, 1.807) is 0 Å².